The minimum absolute atomic E-state index is 0.163. The van der Waals surface area contributed by atoms with E-state index in [-0.39, 0.29) is 11.8 Å². The van der Waals surface area contributed by atoms with Gasteiger partial charge < -0.3 is 14.8 Å². The number of carbonyl (C=O) groups excluding carboxylic acids is 2. The van der Waals surface area contributed by atoms with E-state index in [4.69, 9.17) is 4.74 Å². The number of esters is 1. The van der Waals surface area contributed by atoms with Gasteiger partial charge in [-0.25, -0.2) is 9.78 Å². The normalized spacial score (nSPS) is 11.6. The number of aromatic nitrogens is 1. The molecule has 0 radical (unpaired) electrons. The number of benzene rings is 1. The van der Waals surface area contributed by atoms with Gasteiger partial charge in [-0.2, -0.15) is 0 Å². The van der Waals surface area contributed by atoms with Crippen molar-refractivity contribution in [2.45, 2.75) is 19.3 Å². The largest absolute Gasteiger partial charge is 0.497 e. The zero-order valence-corrected chi connectivity index (χ0v) is 14.0. The van der Waals surface area contributed by atoms with E-state index in [0.29, 0.717) is 16.4 Å². The Morgan fingerprint density at radius 1 is 1.26 bits per heavy atom. The molecule has 0 saturated heterocycles. The highest BCUT2D eigenvalue weighted by molar-refractivity contribution is 7.17. The third-order valence-electron chi connectivity index (χ3n) is 3.37. The molecule has 122 valence electrons. The first-order valence-corrected chi connectivity index (χ1v) is 7.89. The lowest BCUT2D eigenvalue weighted by Crippen LogP contribution is -2.20. The fourth-order valence-electron chi connectivity index (χ4n) is 2.13. The number of nitrogens with one attached hydrogen (secondary N) is 1. The number of anilines is 1. The van der Waals surface area contributed by atoms with E-state index in [0.717, 1.165) is 22.6 Å². The molecular weight excluding hydrogens is 316 g/mol. The fourth-order valence-corrected chi connectivity index (χ4v) is 2.87. The molecule has 2 rings (SSSR count). The van der Waals surface area contributed by atoms with Gasteiger partial charge in [0.05, 0.1) is 26.3 Å². The molecule has 1 heterocycles. The van der Waals surface area contributed by atoms with Crippen LogP contribution in [0.4, 0.5) is 5.13 Å². The van der Waals surface area contributed by atoms with Crippen molar-refractivity contribution in [3.05, 3.63) is 40.9 Å². The Kier molecular flexibility index (Phi) is 5.70. The molecular formula is C16H18N2O4S. The van der Waals surface area contributed by atoms with Gasteiger partial charge in [0.1, 0.15) is 10.6 Å². The van der Waals surface area contributed by atoms with Crippen molar-refractivity contribution in [1.29, 1.82) is 0 Å². The van der Waals surface area contributed by atoms with Crippen LogP contribution in [0.15, 0.2) is 30.5 Å². The van der Waals surface area contributed by atoms with E-state index in [1.165, 1.54) is 13.3 Å². The Hall–Kier alpha value is -2.41. The summed E-state index contributed by atoms with van der Waals surface area (Å²) >= 11 is 1.09. The van der Waals surface area contributed by atoms with Crippen LogP contribution in [0, 0.1) is 0 Å². The van der Waals surface area contributed by atoms with Gasteiger partial charge >= 0.3 is 5.97 Å². The quantitative estimate of drug-likeness (QED) is 0.822. The zero-order chi connectivity index (χ0) is 16.8. The maximum Gasteiger partial charge on any atom is 0.349 e. The van der Waals surface area contributed by atoms with E-state index in [9.17, 15) is 9.59 Å². The average Bonchev–Trinajstić information content (AvgIpc) is 3.04. The molecule has 0 bridgehead atoms. The van der Waals surface area contributed by atoms with Crippen molar-refractivity contribution < 1.29 is 19.1 Å². The van der Waals surface area contributed by atoms with Crippen LogP contribution in [0.2, 0.25) is 0 Å². The summed E-state index contributed by atoms with van der Waals surface area (Å²) in [5.74, 6) is -0.188. The molecule has 0 aliphatic rings. The number of methoxy groups -OCH3 is 2. The topological polar surface area (TPSA) is 77.5 Å². The fraction of sp³-hybridized carbons (Fsp3) is 0.312. The second-order valence-corrected chi connectivity index (χ2v) is 5.78. The highest BCUT2D eigenvalue weighted by Crippen LogP contribution is 2.25. The third-order valence-corrected chi connectivity index (χ3v) is 4.26. The van der Waals surface area contributed by atoms with Gasteiger partial charge in [-0.3, -0.25) is 4.79 Å². The third kappa shape index (κ3) is 4.07. The van der Waals surface area contributed by atoms with Crippen molar-refractivity contribution in [2.24, 2.45) is 0 Å². The number of hydrogen-bond acceptors (Lipinski definition) is 6. The number of thiazole rings is 1. The summed E-state index contributed by atoms with van der Waals surface area (Å²) in [5, 5.41) is 3.13. The van der Waals surface area contributed by atoms with Gasteiger partial charge in [0.2, 0.25) is 5.91 Å². The monoisotopic (exact) mass is 334 g/mol. The summed E-state index contributed by atoms with van der Waals surface area (Å²) in [5.41, 5.74) is 0.899. The molecule has 2 aromatic rings. The van der Waals surface area contributed by atoms with Crippen LogP contribution in [-0.2, 0) is 9.53 Å². The number of carbonyl (C=O) groups is 2. The predicted molar refractivity (Wildman–Crippen MR) is 88.1 cm³/mol. The number of amides is 1. The van der Waals surface area contributed by atoms with Crippen molar-refractivity contribution in [3.8, 4) is 5.75 Å². The molecule has 0 spiro atoms. The molecule has 1 unspecified atom stereocenters. The molecule has 0 aliphatic heterocycles. The Labute approximate surface area is 138 Å². The Morgan fingerprint density at radius 2 is 1.96 bits per heavy atom. The van der Waals surface area contributed by atoms with Crippen molar-refractivity contribution >= 4 is 28.3 Å². The van der Waals surface area contributed by atoms with Gasteiger partial charge in [0.15, 0.2) is 5.13 Å². The highest BCUT2D eigenvalue weighted by atomic mass is 32.1. The van der Waals surface area contributed by atoms with Gasteiger partial charge in [0, 0.05) is 0 Å². The molecule has 0 fully saturated rings. The van der Waals surface area contributed by atoms with Crippen LogP contribution in [0.5, 0.6) is 5.75 Å². The molecule has 1 N–H and O–H groups in total. The van der Waals surface area contributed by atoms with Crippen LogP contribution in [0.1, 0.15) is 34.5 Å². The van der Waals surface area contributed by atoms with Gasteiger partial charge in [-0.1, -0.05) is 30.4 Å². The van der Waals surface area contributed by atoms with Crippen molar-refractivity contribution in [3.63, 3.8) is 0 Å². The first-order valence-electron chi connectivity index (χ1n) is 7.08. The molecule has 0 aliphatic carbocycles. The Morgan fingerprint density at radius 3 is 2.52 bits per heavy atom. The summed E-state index contributed by atoms with van der Waals surface area (Å²) in [6.45, 7) is 1.94. The van der Waals surface area contributed by atoms with Crippen LogP contribution in [0.3, 0.4) is 0 Å². The summed E-state index contributed by atoms with van der Waals surface area (Å²) in [4.78, 5) is 28.2. The lowest BCUT2D eigenvalue weighted by molar-refractivity contribution is -0.117. The molecule has 1 aromatic heterocycles. The number of hydrogen-bond donors (Lipinski definition) is 1. The van der Waals surface area contributed by atoms with E-state index in [2.05, 4.69) is 15.0 Å². The second-order valence-electron chi connectivity index (χ2n) is 4.74. The summed E-state index contributed by atoms with van der Waals surface area (Å²) in [7, 11) is 2.90. The van der Waals surface area contributed by atoms with Crippen molar-refractivity contribution in [2.75, 3.05) is 19.5 Å². The lowest BCUT2D eigenvalue weighted by Gasteiger charge is -2.14. The van der Waals surface area contributed by atoms with Gasteiger partial charge in [0.25, 0.3) is 0 Å². The Balaban J connectivity index is 2.10. The molecule has 1 atom stereocenters. The molecule has 6 nitrogen and oxygen atoms in total. The number of ether oxygens (including phenoxy) is 2. The SMILES string of the molecule is CCC(C(=O)Nc1ncc(C(=O)OC)s1)c1ccc(OC)cc1. The zero-order valence-electron chi connectivity index (χ0n) is 13.2. The summed E-state index contributed by atoms with van der Waals surface area (Å²) < 4.78 is 9.74. The predicted octanol–water partition coefficient (Wildman–Crippen LogP) is 3.07. The lowest BCUT2D eigenvalue weighted by atomic mass is 9.95. The molecule has 1 aromatic carbocycles. The van der Waals surface area contributed by atoms with E-state index in [1.54, 1.807) is 7.11 Å². The van der Waals surface area contributed by atoms with Crippen LogP contribution < -0.4 is 10.1 Å². The molecule has 1 amide bonds. The van der Waals surface area contributed by atoms with Gasteiger partial charge in [-0.05, 0) is 24.1 Å². The minimum atomic E-state index is -0.467. The highest BCUT2D eigenvalue weighted by Gasteiger charge is 2.20. The Bertz CT molecular complexity index is 682. The average molecular weight is 334 g/mol. The molecule has 7 heteroatoms. The van der Waals surface area contributed by atoms with Crippen LogP contribution in [0.25, 0.3) is 0 Å². The second kappa shape index (κ2) is 7.73. The number of rotatable bonds is 6. The van der Waals surface area contributed by atoms with E-state index < -0.39 is 5.97 Å². The van der Waals surface area contributed by atoms with E-state index >= 15 is 0 Å². The summed E-state index contributed by atoms with van der Waals surface area (Å²) in [6, 6.07) is 7.39. The maximum atomic E-state index is 12.5. The van der Waals surface area contributed by atoms with Crippen molar-refractivity contribution in [1.82, 2.24) is 4.98 Å². The molecule has 23 heavy (non-hydrogen) atoms. The smallest absolute Gasteiger partial charge is 0.349 e. The summed E-state index contributed by atoms with van der Waals surface area (Å²) in [6.07, 6.45) is 2.04. The minimum Gasteiger partial charge on any atom is -0.497 e. The maximum absolute atomic E-state index is 12.5. The van der Waals surface area contributed by atoms with Crippen LogP contribution >= 0.6 is 11.3 Å². The first kappa shape index (κ1) is 17.0. The number of nitrogens with zero attached hydrogens (tertiary/aromatic N) is 1. The standard InChI is InChI=1S/C16H18N2O4S/c1-4-12(10-5-7-11(21-2)8-6-10)14(19)18-16-17-9-13(23-16)15(20)22-3/h5-9,12H,4H2,1-3H3,(H,17,18,19). The molecule has 0 saturated carbocycles. The van der Waals surface area contributed by atoms with Gasteiger partial charge in [-0.15, -0.1) is 0 Å². The van der Waals surface area contributed by atoms with Crippen LogP contribution in [-0.4, -0.2) is 31.1 Å². The first-order chi connectivity index (χ1) is 11.1. The van der Waals surface area contributed by atoms with E-state index in [1.807, 2.05) is 31.2 Å².